The minimum absolute atomic E-state index is 0.234. The average Bonchev–Trinajstić information content (AvgIpc) is 3.07. The second-order valence-electron chi connectivity index (χ2n) is 5.35. The Hall–Kier alpha value is -2.54. The lowest BCUT2D eigenvalue weighted by Gasteiger charge is -2.21. The molecule has 130 valence electrons. The molecule has 0 saturated heterocycles. The van der Waals surface area contributed by atoms with Crippen LogP contribution in [0.4, 0.5) is 0 Å². The molecule has 1 aliphatic heterocycles. The van der Waals surface area contributed by atoms with Gasteiger partial charge in [0.1, 0.15) is 11.5 Å². The zero-order valence-electron chi connectivity index (χ0n) is 14.0. The maximum atomic E-state index is 12.1. The van der Waals surface area contributed by atoms with Crippen molar-refractivity contribution in [2.24, 2.45) is 5.10 Å². The molecule has 0 fully saturated rings. The van der Waals surface area contributed by atoms with Crippen LogP contribution in [-0.2, 0) is 9.53 Å². The van der Waals surface area contributed by atoms with Gasteiger partial charge in [0, 0.05) is 17.0 Å². The van der Waals surface area contributed by atoms with Gasteiger partial charge in [-0.15, -0.1) is 5.10 Å². The molecule has 2 aromatic rings. The first-order valence-electron chi connectivity index (χ1n) is 7.56. The van der Waals surface area contributed by atoms with Gasteiger partial charge in [0.15, 0.2) is 0 Å². The van der Waals surface area contributed by atoms with E-state index in [0.717, 1.165) is 10.0 Å². The molecule has 0 N–H and O–H groups in total. The molecule has 0 bridgehead atoms. The average molecular weight is 405 g/mol. The van der Waals surface area contributed by atoms with Crippen molar-refractivity contribution < 1.29 is 19.0 Å². The van der Waals surface area contributed by atoms with Gasteiger partial charge in [0.25, 0.3) is 0 Å². The van der Waals surface area contributed by atoms with E-state index in [-0.39, 0.29) is 5.91 Å². The third kappa shape index (κ3) is 3.46. The van der Waals surface area contributed by atoms with Crippen LogP contribution in [0.3, 0.4) is 0 Å². The molecule has 0 aromatic heterocycles. The van der Waals surface area contributed by atoms with E-state index in [1.54, 1.807) is 32.4 Å². The van der Waals surface area contributed by atoms with Crippen LogP contribution in [0.2, 0.25) is 0 Å². The van der Waals surface area contributed by atoms with Crippen LogP contribution in [0.15, 0.2) is 52.0 Å². The monoisotopic (exact) mass is 404 g/mol. The molecule has 1 heterocycles. The molecular formula is C18H17BrN2O4. The lowest BCUT2D eigenvalue weighted by molar-refractivity contribution is -0.135. The highest BCUT2D eigenvalue weighted by Gasteiger charge is 2.35. The Balaban J connectivity index is 2.00. The number of benzene rings is 2. The van der Waals surface area contributed by atoms with Crippen molar-refractivity contribution in [3.05, 3.63) is 58.1 Å². The van der Waals surface area contributed by atoms with E-state index in [9.17, 15) is 4.79 Å². The number of ether oxygens (including phenoxy) is 3. The topological polar surface area (TPSA) is 60.4 Å². The van der Waals surface area contributed by atoms with Crippen LogP contribution < -0.4 is 9.47 Å². The van der Waals surface area contributed by atoms with Crippen LogP contribution in [0.25, 0.3) is 0 Å². The number of amides is 1. The van der Waals surface area contributed by atoms with E-state index in [2.05, 4.69) is 21.0 Å². The van der Waals surface area contributed by atoms with Gasteiger partial charge in [-0.2, -0.15) is 5.01 Å². The van der Waals surface area contributed by atoms with E-state index < -0.39 is 6.23 Å². The largest absolute Gasteiger partial charge is 0.497 e. The quantitative estimate of drug-likeness (QED) is 0.779. The van der Waals surface area contributed by atoms with Crippen molar-refractivity contribution in [1.29, 1.82) is 0 Å². The molecule has 1 amide bonds. The number of carbonyl (C=O) groups excluding carboxylic acids is 1. The van der Waals surface area contributed by atoms with E-state index in [1.165, 1.54) is 11.9 Å². The summed E-state index contributed by atoms with van der Waals surface area (Å²) < 4.78 is 17.6. The third-order valence-corrected chi connectivity index (χ3v) is 4.29. The lowest BCUT2D eigenvalue weighted by Crippen LogP contribution is -2.25. The van der Waals surface area contributed by atoms with Crippen molar-refractivity contribution in [2.45, 2.75) is 13.2 Å². The van der Waals surface area contributed by atoms with Gasteiger partial charge < -0.3 is 14.2 Å². The zero-order valence-corrected chi connectivity index (χ0v) is 15.6. The smallest absolute Gasteiger partial charge is 0.243 e. The molecule has 2 aromatic carbocycles. The summed E-state index contributed by atoms with van der Waals surface area (Å²) in [5.74, 6) is 1.36. The Morgan fingerprint density at radius 2 is 1.88 bits per heavy atom. The van der Waals surface area contributed by atoms with Crippen LogP contribution in [0.5, 0.6) is 11.5 Å². The molecule has 6 nitrogen and oxygen atoms in total. The van der Waals surface area contributed by atoms with Gasteiger partial charge in [-0.25, -0.2) is 0 Å². The SMILES string of the molecule is COc1ccc(OC)c([C@@H]2OC(c3ccc(Br)cc3)=NN2C(C)=O)c1. The Morgan fingerprint density at radius 1 is 1.16 bits per heavy atom. The van der Waals surface area contributed by atoms with Crippen molar-refractivity contribution >= 4 is 27.7 Å². The summed E-state index contributed by atoms with van der Waals surface area (Å²) in [7, 11) is 3.14. The number of halogens is 1. The fourth-order valence-electron chi connectivity index (χ4n) is 2.51. The number of methoxy groups -OCH3 is 2. The highest BCUT2D eigenvalue weighted by Crippen LogP contribution is 2.37. The van der Waals surface area contributed by atoms with Gasteiger partial charge in [-0.3, -0.25) is 4.79 Å². The summed E-state index contributed by atoms with van der Waals surface area (Å²) in [5.41, 5.74) is 1.44. The van der Waals surface area contributed by atoms with E-state index in [0.29, 0.717) is 23.0 Å². The zero-order chi connectivity index (χ0) is 18.0. The summed E-state index contributed by atoms with van der Waals surface area (Å²) in [6.07, 6.45) is -0.721. The number of hydrogen-bond donors (Lipinski definition) is 0. The van der Waals surface area contributed by atoms with E-state index in [4.69, 9.17) is 14.2 Å². The van der Waals surface area contributed by atoms with Crippen LogP contribution in [-0.4, -0.2) is 31.0 Å². The van der Waals surface area contributed by atoms with Crippen molar-refractivity contribution in [3.63, 3.8) is 0 Å². The van der Waals surface area contributed by atoms with Gasteiger partial charge in [0.2, 0.25) is 18.0 Å². The molecule has 25 heavy (non-hydrogen) atoms. The molecule has 0 aliphatic carbocycles. The fraction of sp³-hybridized carbons (Fsp3) is 0.222. The second-order valence-corrected chi connectivity index (χ2v) is 6.27. The molecule has 1 aliphatic rings. The summed E-state index contributed by atoms with van der Waals surface area (Å²) in [6.45, 7) is 1.44. The second kappa shape index (κ2) is 7.14. The molecular weight excluding hydrogens is 388 g/mol. The first kappa shape index (κ1) is 17.3. The molecule has 0 unspecified atom stereocenters. The van der Waals surface area contributed by atoms with Crippen molar-refractivity contribution in [3.8, 4) is 11.5 Å². The minimum Gasteiger partial charge on any atom is -0.497 e. The normalized spacial score (nSPS) is 16.2. The molecule has 0 spiro atoms. The first-order valence-corrected chi connectivity index (χ1v) is 8.35. The summed E-state index contributed by atoms with van der Waals surface area (Å²) in [5, 5.41) is 5.64. The number of carbonyl (C=O) groups is 1. The molecule has 0 saturated carbocycles. The molecule has 7 heteroatoms. The highest BCUT2D eigenvalue weighted by molar-refractivity contribution is 9.10. The van der Waals surface area contributed by atoms with E-state index in [1.807, 2.05) is 24.3 Å². The Bertz CT molecular complexity index is 820. The van der Waals surface area contributed by atoms with Crippen LogP contribution in [0.1, 0.15) is 24.3 Å². The van der Waals surface area contributed by atoms with Gasteiger partial charge >= 0.3 is 0 Å². The maximum absolute atomic E-state index is 12.1. The minimum atomic E-state index is -0.721. The fourth-order valence-corrected chi connectivity index (χ4v) is 2.78. The standard InChI is InChI=1S/C18H17BrN2O4/c1-11(22)21-18(15-10-14(23-2)8-9-16(15)24-3)25-17(20-21)12-4-6-13(19)7-5-12/h4-10,18H,1-3H3/t18-/m0/s1. The molecule has 0 radical (unpaired) electrons. The maximum Gasteiger partial charge on any atom is 0.243 e. The predicted octanol–water partition coefficient (Wildman–Crippen LogP) is 3.71. The van der Waals surface area contributed by atoms with Crippen LogP contribution in [0, 0.1) is 0 Å². The Labute approximate surface area is 154 Å². The summed E-state index contributed by atoms with van der Waals surface area (Å²) in [4.78, 5) is 12.1. The first-order chi connectivity index (χ1) is 12.0. The van der Waals surface area contributed by atoms with Gasteiger partial charge in [-0.1, -0.05) is 15.9 Å². The molecule has 3 rings (SSSR count). The number of rotatable bonds is 4. The number of hydrogen-bond acceptors (Lipinski definition) is 5. The van der Waals surface area contributed by atoms with Crippen molar-refractivity contribution in [2.75, 3.05) is 14.2 Å². The highest BCUT2D eigenvalue weighted by atomic mass is 79.9. The van der Waals surface area contributed by atoms with Crippen molar-refractivity contribution in [1.82, 2.24) is 5.01 Å². The lowest BCUT2D eigenvalue weighted by atomic mass is 10.1. The number of nitrogens with zero attached hydrogens (tertiary/aromatic N) is 2. The summed E-state index contributed by atoms with van der Waals surface area (Å²) >= 11 is 3.40. The van der Waals surface area contributed by atoms with Crippen LogP contribution >= 0.6 is 15.9 Å². The summed E-state index contributed by atoms with van der Waals surface area (Å²) in [6, 6.07) is 12.8. The predicted molar refractivity (Wildman–Crippen MR) is 96.6 cm³/mol. The Morgan fingerprint density at radius 3 is 2.48 bits per heavy atom. The Kier molecular flexibility index (Phi) is 4.94. The number of hydrazone groups is 1. The molecule has 1 atom stereocenters. The van der Waals surface area contributed by atoms with E-state index >= 15 is 0 Å². The van der Waals surface area contributed by atoms with Gasteiger partial charge in [-0.05, 0) is 42.5 Å². The van der Waals surface area contributed by atoms with Gasteiger partial charge in [0.05, 0.1) is 19.8 Å². The third-order valence-electron chi connectivity index (χ3n) is 3.76.